The first-order chi connectivity index (χ1) is 10.2. The highest BCUT2D eigenvalue weighted by molar-refractivity contribution is 6.35. The standard InChI is InChI=1S/C17H16ClNO2/c1-2-19-13(10-12-4-3-5-16(18)17(12)19)11-21-15-8-6-14(20)7-9-15/h3-10,20H,2,11H2,1H3. The van der Waals surface area contributed by atoms with Crippen LogP contribution in [0, 0.1) is 0 Å². The summed E-state index contributed by atoms with van der Waals surface area (Å²) in [5, 5.41) is 11.1. The normalized spacial score (nSPS) is 11.0. The summed E-state index contributed by atoms with van der Waals surface area (Å²) in [6.45, 7) is 3.39. The number of phenolic OH excluding ortho intramolecular Hbond substituents is 1. The minimum absolute atomic E-state index is 0.233. The lowest BCUT2D eigenvalue weighted by Crippen LogP contribution is -2.04. The molecule has 3 aromatic rings. The summed E-state index contributed by atoms with van der Waals surface area (Å²) in [6.07, 6.45) is 0. The van der Waals surface area contributed by atoms with Crippen LogP contribution in [0.4, 0.5) is 0 Å². The molecule has 1 N–H and O–H groups in total. The van der Waals surface area contributed by atoms with E-state index in [1.165, 1.54) is 0 Å². The lowest BCUT2D eigenvalue weighted by Gasteiger charge is -2.10. The van der Waals surface area contributed by atoms with Crippen LogP contribution < -0.4 is 4.74 Å². The predicted octanol–water partition coefficient (Wildman–Crippen LogP) is 4.60. The van der Waals surface area contributed by atoms with Gasteiger partial charge >= 0.3 is 0 Å². The molecule has 0 bridgehead atoms. The molecule has 0 saturated carbocycles. The predicted molar refractivity (Wildman–Crippen MR) is 85.1 cm³/mol. The van der Waals surface area contributed by atoms with E-state index < -0.39 is 0 Å². The molecule has 108 valence electrons. The van der Waals surface area contributed by atoms with Crippen molar-refractivity contribution in [3.05, 3.63) is 59.2 Å². The number of rotatable bonds is 4. The summed E-state index contributed by atoms with van der Waals surface area (Å²) in [6, 6.07) is 14.7. The van der Waals surface area contributed by atoms with Crippen molar-refractivity contribution >= 4 is 22.5 Å². The third-order valence-electron chi connectivity index (χ3n) is 3.50. The molecule has 0 amide bonds. The molecule has 21 heavy (non-hydrogen) atoms. The van der Waals surface area contributed by atoms with Crippen LogP contribution in [0.25, 0.3) is 10.9 Å². The van der Waals surface area contributed by atoms with Gasteiger partial charge in [-0.05, 0) is 43.3 Å². The Kier molecular flexibility index (Phi) is 3.76. The van der Waals surface area contributed by atoms with E-state index in [0.717, 1.165) is 33.9 Å². The third kappa shape index (κ3) is 2.69. The Balaban J connectivity index is 1.90. The summed E-state index contributed by atoms with van der Waals surface area (Å²) >= 11 is 6.30. The second-order valence-corrected chi connectivity index (χ2v) is 5.25. The van der Waals surface area contributed by atoms with E-state index in [1.807, 2.05) is 12.1 Å². The van der Waals surface area contributed by atoms with Crippen molar-refractivity contribution in [1.82, 2.24) is 4.57 Å². The molecule has 3 rings (SSSR count). The van der Waals surface area contributed by atoms with Gasteiger partial charge in [0.05, 0.1) is 16.2 Å². The van der Waals surface area contributed by atoms with Gasteiger partial charge in [-0.2, -0.15) is 0 Å². The highest BCUT2D eigenvalue weighted by Gasteiger charge is 2.10. The Morgan fingerprint density at radius 1 is 1.14 bits per heavy atom. The number of nitrogens with zero attached hydrogens (tertiary/aromatic N) is 1. The Morgan fingerprint density at radius 3 is 2.62 bits per heavy atom. The van der Waals surface area contributed by atoms with Crippen LogP contribution in [0.5, 0.6) is 11.5 Å². The van der Waals surface area contributed by atoms with Crippen LogP contribution >= 0.6 is 11.6 Å². The Bertz CT molecular complexity index is 762. The maximum atomic E-state index is 9.28. The fourth-order valence-electron chi connectivity index (χ4n) is 2.51. The molecule has 0 fully saturated rings. The third-order valence-corrected chi connectivity index (χ3v) is 3.80. The molecule has 0 aliphatic carbocycles. The van der Waals surface area contributed by atoms with Crippen LogP contribution in [0.15, 0.2) is 48.5 Å². The number of aromatic hydroxyl groups is 1. The Morgan fingerprint density at radius 2 is 1.90 bits per heavy atom. The molecular weight excluding hydrogens is 286 g/mol. The largest absolute Gasteiger partial charge is 0.508 e. The smallest absolute Gasteiger partial charge is 0.128 e. The van der Waals surface area contributed by atoms with Crippen molar-refractivity contribution < 1.29 is 9.84 Å². The van der Waals surface area contributed by atoms with Crippen LogP contribution in [-0.4, -0.2) is 9.67 Å². The number of ether oxygens (including phenoxy) is 1. The number of phenols is 1. The average molecular weight is 302 g/mol. The van der Waals surface area contributed by atoms with Crippen molar-refractivity contribution in [2.45, 2.75) is 20.1 Å². The minimum Gasteiger partial charge on any atom is -0.508 e. The second kappa shape index (κ2) is 5.70. The number of hydrogen-bond acceptors (Lipinski definition) is 2. The molecule has 2 aromatic carbocycles. The van der Waals surface area contributed by atoms with E-state index in [1.54, 1.807) is 24.3 Å². The molecule has 1 heterocycles. The monoisotopic (exact) mass is 301 g/mol. The first-order valence-corrected chi connectivity index (χ1v) is 7.25. The summed E-state index contributed by atoms with van der Waals surface area (Å²) < 4.78 is 7.95. The average Bonchev–Trinajstić information content (AvgIpc) is 2.85. The van der Waals surface area contributed by atoms with E-state index in [4.69, 9.17) is 16.3 Å². The van der Waals surface area contributed by atoms with Gasteiger partial charge in [-0.15, -0.1) is 0 Å². The summed E-state index contributed by atoms with van der Waals surface area (Å²) in [7, 11) is 0. The van der Waals surface area contributed by atoms with Crippen LogP contribution in [-0.2, 0) is 13.2 Å². The quantitative estimate of drug-likeness (QED) is 0.764. The lowest BCUT2D eigenvalue weighted by molar-refractivity contribution is 0.295. The number of fused-ring (bicyclic) bond motifs is 1. The number of benzene rings is 2. The number of para-hydroxylation sites is 1. The maximum absolute atomic E-state index is 9.28. The summed E-state index contributed by atoms with van der Waals surface area (Å²) in [5.74, 6) is 0.962. The number of halogens is 1. The van der Waals surface area contributed by atoms with Gasteiger partial charge in [0.25, 0.3) is 0 Å². The summed E-state index contributed by atoms with van der Waals surface area (Å²) in [5.41, 5.74) is 2.12. The minimum atomic E-state index is 0.233. The van der Waals surface area contributed by atoms with E-state index in [-0.39, 0.29) is 5.75 Å². The summed E-state index contributed by atoms with van der Waals surface area (Å²) in [4.78, 5) is 0. The van der Waals surface area contributed by atoms with E-state index >= 15 is 0 Å². The van der Waals surface area contributed by atoms with Crippen molar-refractivity contribution in [1.29, 1.82) is 0 Å². The van der Waals surface area contributed by atoms with E-state index in [0.29, 0.717) is 6.61 Å². The zero-order chi connectivity index (χ0) is 14.8. The van der Waals surface area contributed by atoms with Crippen molar-refractivity contribution in [2.24, 2.45) is 0 Å². The number of hydrogen-bond donors (Lipinski definition) is 1. The van der Waals surface area contributed by atoms with Crippen molar-refractivity contribution in [3.8, 4) is 11.5 Å². The van der Waals surface area contributed by atoms with Gasteiger partial charge in [0.15, 0.2) is 0 Å². The van der Waals surface area contributed by atoms with Gasteiger partial charge in [0, 0.05) is 11.9 Å². The van der Waals surface area contributed by atoms with Gasteiger partial charge in [-0.3, -0.25) is 0 Å². The molecule has 4 heteroatoms. The molecule has 0 spiro atoms. The molecular formula is C17H16ClNO2. The Hall–Kier alpha value is -2.13. The number of aryl methyl sites for hydroxylation is 1. The molecule has 3 nitrogen and oxygen atoms in total. The van der Waals surface area contributed by atoms with Crippen molar-refractivity contribution in [2.75, 3.05) is 0 Å². The van der Waals surface area contributed by atoms with Crippen LogP contribution in [0.2, 0.25) is 5.02 Å². The fraction of sp³-hybridized carbons (Fsp3) is 0.176. The first kappa shape index (κ1) is 13.8. The van der Waals surface area contributed by atoms with E-state index in [2.05, 4.69) is 23.6 Å². The Labute approximate surface area is 128 Å². The van der Waals surface area contributed by atoms with Gasteiger partial charge in [0.2, 0.25) is 0 Å². The van der Waals surface area contributed by atoms with Crippen molar-refractivity contribution in [3.63, 3.8) is 0 Å². The highest BCUT2D eigenvalue weighted by Crippen LogP contribution is 2.28. The van der Waals surface area contributed by atoms with Gasteiger partial charge in [0.1, 0.15) is 18.1 Å². The topological polar surface area (TPSA) is 34.4 Å². The number of aromatic nitrogens is 1. The van der Waals surface area contributed by atoms with Gasteiger partial charge in [-0.25, -0.2) is 0 Å². The maximum Gasteiger partial charge on any atom is 0.128 e. The molecule has 0 saturated heterocycles. The molecule has 0 radical (unpaired) electrons. The van der Waals surface area contributed by atoms with Crippen LogP contribution in [0.3, 0.4) is 0 Å². The van der Waals surface area contributed by atoms with Gasteiger partial charge < -0.3 is 14.4 Å². The molecule has 0 aliphatic heterocycles. The molecule has 0 unspecified atom stereocenters. The zero-order valence-electron chi connectivity index (χ0n) is 11.7. The second-order valence-electron chi connectivity index (χ2n) is 4.84. The molecule has 1 aromatic heterocycles. The fourth-order valence-corrected chi connectivity index (χ4v) is 2.80. The van der Waals surface area contributed by atoms with E-state index in [9.17, 15) is 5.11 Å². The SMILES string of the molecule is CCn1c(COc2ccc(O)cc2)cc2cccc(Cl)c21. The highest BCUT2D eigenvalue weighted by atomic mass is 35.5. The zero-order valence-corrected chi connectivity index (χ0v) is 12.5. The lowest BCUT2D eigenvalue weighted by atomic mass is 10.2. The first-order valence-electron chi connectivity index (χ1n) is 6.87. The van der Waals surface area contributed by atoms with Crippen LogP contribution in [0.1, 0.15) is 12.6 Å². The molecule has 0 aliphatic rings. The van der Waals surface area contributed by atoms with Gasteiger partial charge in [-0.1, -0.05) is 23.7 Å². The molecule has 0 atom stereocenters.